The van der Waals surface area contributed by atoms with Crippen LogP contribution >= 0.6 is 12.4 Å². The van der Waals surface area contributed by atoms with E-state index in [1.165, 1.54) is 13.2 Å². The van der Waals surface area contributed by atoms with E-state index in [1.54, 1.807) is 12.1 Å². The van der Waals surface area contributed by atoms with E-state index in [4.69, 9.17) is 9.47 Å². The van der Waals surface area contributed by atoms with Crippen LogP contribution in [0.15, 0.2) is 18.2 Å². The number of alkyl halides is 2. The first-order valence-corrected chi connectivity index (χ1v) is 8.35. The molecule has 0 aromatic heterocycles. The van der Waals surface area contributed by atoms with Crippen molar-refractivity contribution in [1.82, 2.24) is 5.32 Å². The van der Waals surface area contributed by atoms with E-state index in [9.17, 15) is 13.6 Å². The summed E-state index contributed by atoms with van der Waals surface area (Å²) < 4.78 is 40.4. The minimum Gasteiger partial charge on any atom is -0.489 e. The lowest BCUT2D eigenvalue weighted by molar-refractivity contribution is -0.142. The molecule has 1 atom stereocenters. The van der Waals surface area contributed by atoms with E-state index in [-0.39, 0.29) is 29.9 Å². The normalized spacial score (nSPS) is 19.7. The number of carbonyl (C=O) groups excluding carboxylic acids is 1. The molecular formula is C17H23ClF2N2O4. The first-order valence-electron chi connectivity index (χ1n) is 8.35. The fraction of sp³-hybridized carbons (Fsp3) is 0.588. The largest absolute Gasteiger partial charge is 0.489 e. The second-order valence-electron chi connectivity index (χ2n) is 6.20. The van der Waals surface area contributed by atoms with Gasteiger partial charge in [0.05, 0.1) is 13.7 Å². The van der Waals surface area contributed by atoms with E-state index in [1.807, 2.05) is 4.90 Å². The zero-order valence-corrected chi connectivity index (χ0v) is 15.3. The highest BCUT2D eigenvalue weighted by Crippen LogP contribution is 2.36. The molecule has 1 aromatic rings. The number of methoxy groups -OCH3 is 1. The molecule has 1 saturated heterocycles. The van der Waals surface area contributed by atoms with E-state index in [2.05, 4.69) is 10.1 Å². The summed E-state index contributed by atoms with van der Waals surface area (Å²) in [6, 6.07) is 4.29. The fourth-order valence-corrected chi connectivity index (χ4v) is 2.83. The van der Waals surface area contributed by atoms with E-state index >= 15 is 0 Å². The van der Waals surface area contributed by atoms with Crippen LogP contribution < -0.4 is 19.7 Å². The fourth-order valence-electron chi connectivity index (χ4n) is 2.83. The lowest BCUT2D eigenvalue weighted by Crippen LogP contribution is -2.55. The number of carbonyl (C=O) groups is 1. The number of benzene rings is 1. The Balaban J connectivity index is 0.00000243. The first-order chi connectivity index (χ1) is 12.1. The Labute approximate surface area is 157 Å². The van der Waals surface area contributed by atoms with Crippen LogP contribution in [-0.2, 0) is 9.53 Å². The molecule has 3 rings (SSSR count). The van der Waals surface area contributed by atoms with Crippen molar-refractivity contribution in [2.24, 2.45) is 5.92 Å². The number of nitrogens with one attached hydrogen (secondary N) is 1. The van der Waals surface area contributed by atoms with Gasteiger partial charge < -0.3 is 24.4 Å². The Morgan fingerprint density at radius 1 is 1.35 bits per heavy atom. The van der Waals surface area contributed by atoms with Crippen LogP contribution in [0.2, 0.25) is 0 Å². The number of esters is 1. The van der Waals surface area contributed by atoms with Crippen LogP contribution in [0, 0.1) is 5.92 Å². The molecule has 0 bridgehead atoms. The lowest BCUT2D eigenvalue weighted by atomic mass is 10.1. The quantitative estimate of drug-likeness (QED) is 0.719. The molecule has 2 aliphatic rings. The minimum atomic E-state index is -2.92. The van der Waals surface area contributed by atoms with Gasteiger partial charge >= 0.3 is 12.6 Å². The molecule has 9 heteroatoms. The molecule has 1 unspecified atom stereocenters. The predicted molar refractivity (Wildman–Crippen MR) is 94.6 cm³/mol. The molecule has 0 amide bonds. The standard InChI is InChI=1S/C17H22F2N2O4.ClH/c1-23-16(22)13-9-20-6-7-21(13)12-4-5-14(25-17(18)19)15(8-12)24-10-11-2-3-11;/h4-5,8,11,13,17,20H,2-3,6-7,9-10H2,1H3;1H. The van der Waals surface area contributed by atoms with Crippen molar-refractivity contribution in [1.29, 1.82) is 0 Å². The second-order valence-corrected chi connectivity index (χ2v) is 6.20. The number of halogens is 3. The molecule has 1 aliphatic heterocycles. The van der Waals surface area contributed by atoms with Gasteiger partial charge in [-0.1, -0.05) is 0 Å². The summed E-state index contributed by atoms with van der Waals surface area (Å²) in [5.41, 5.74) is 0.712. The lowest BCUT2D eigenvalue weighted by Gasteiger charge is -2.36. The molecule has 1 N–H and O–H groups in total. The van der Waals surface area contributed by atoms with Gasteiger partial charge in [-0.2, -0.15) is 8.78 Å². The van der Waals surface area contributed by atoms with Crippen molar-refractivity contribution >= 4 is 24.1 Å². The number of hydrogen-bond donors (Lipinski definition) is 1. The Morgan fingerprint density at radius 2 is 2.12 bits per heavy atom. The number of nitrogens with zero attached hydrogens (tertiary/aromatic N) is 1. The van der Waals surface area contributed by atoms with Gasteiger partial charge in [-0.25, -0.2) is 4.79 Å². The molecule has 1 aromatic carbocycles. The third-order valence-electron chi connectivity index (χ3n) is 4.36. The number of piperazine rings is 1. The Bertz CT molecular complexity index is 616. The van der Waals surface area contributed by atoms with Gasteiger partial charge in [0.1, 0.15) is 6.04 Å². The molecule has 1 aliphatic carbocycles. The van der Waals surface area contributed by atoms with Crippen molar-refractivity contribution in [2.45, 2.75) is 25.5 Å². The third-order valence-corrected chi connectivity index (χ3v) is 4.36. The first kappa shape index (κ1) is 20.5. The van der Waals surface area contributed by atoms with Crippen LogP contribution in [0.25, 0.3) is 0 Å². The topological polar surface area (TPSA) is 60.0 Å². The van der Waals surface area contributed by atoms with Gasteiger partial charge in [-0.3, -0.25) is 0 Å². The predicted octanol–water partition coefficient (Wildman–Crippen LogP) is 2.45. The summed E-state index contributed by atoms with van der Waals surface area (Å²) in [6.45, 7) is -0.681. The van der Waals surface area contributed by atoms with Gasteiger partial charge in [-0.15, -0.1) is 12.4 Å². The van der Waals surface area contributed by atoms with Gasteiger partial charge in [0.2, 0.25) is 0 Å². The third kappa shape index (κ3) is 5.11. The highest BCUT2D eigenvalue weighted by atomic mass is 35.5. The van der Waals surface area contributed by atoms with E-state index in [0.29, 0.717) is 37.8 Å². The number of ether oxygens (including phenoxy) is 3. The van der Waals surface area contributed by atoms with Crippen LogP contribution in [0.1, 0.15) is 12.8 Å². The van der Waals surface area contributed by atoms with E-state index < -0.39 is 12.7 Å². The van der Waals surface area contributed by atoms with Crippen molar-refractivity contribution in [3.8, 4) is 11.5 Å². The van der Waals surface area contributed by atoms with Gasteiger partial charge in [0.25, 0.3) is 0 Å². The maximum atomic E-state index is 12.6. The summed E-state index contributed by atoms with van der Waals surface area (Å²) in [6.07, 6.45) is 2.18. The molecule has 6 nitrogen and oxygen atoms in total. The van der Waals surface area contributed by atoms with E-state index in [0.717, 1.165) is 12.8 Å². The maximum Gasteiger partial charge on any atom is 0.387 e. The molecule has 2 fully saturated rings. The number of rotatable bonds is 7. The Hall–Kier alpha value is -1.80. The molecule has 26 heavy (non-hydrogen) atoms. The molecule has 1 heterocycles. The summed E-state index contributed by atoms with van der Waals surface area (Å²) in [5, 5.41) is 3.15. The number of anilines is 1. The minimum absolute atomic E-state index is 0. The number of hydrogen-bond acceptors (Lipinski definition) is 6. The average Bonchev–Trinajstić information content (AvgIpc) is 3.44. The van der Waals surface area contributed by atoms with Gasteiger partial charge in [0.15, 0.2) is 11.5 Å². The summed E-state index contributed by atoms with van der Waals surface area (Å²) in [5.74, 6) is 0.404. The second kappa shape index (κ2) is 9.23. The van der Waals surface area contributed by atoms with Crippen LogP contribution in [0.5, 0.6) is 11.5 Å². The Morgan fingerprint density at radius 3 is 2.77 bits per heavy atom. The summed E-state index contributed by atoms with van der Waals surface area (Å²) in [4.78, 5) is 13.9. The smallest absolute Gasteiger partial charge is 0.387 e. The molecule has 1 saturated carbocycles. The highest BCUT2D eigenvalue weighted by molar-refractivity contribution is 5.85. The Kier molecular flexibility index (Phi) is 7.28. The average molecular weight is 393 g/mol. The highest BCUT2D eigenvalue weighted by Gasteiger charge is 2.30. The zero-order chi connectivity index (χ0) is 17.8. The molecule has 0 radical (unpaired) electrons. The summed E-state index contributed by atoms with van der Waals surface area (Å²) >= 11 is 0. The zero-order valence-electron chi connectivity index (χ0n) is 14.5. The van der Waals surface area contributed by atoms with Crippen molar-refractivity contribution < 1.29 is 27.8 Å². The van der Waals surface area contributed by atoms with Gasteiger partial charge in [0, 0.05) is 31.4 Å². The molecule has 0 spiro atoms. The van der Waals surface area contributed by atoms with Crippen molar-refractivity contribution in [2.75, 3.05) is 38.3 Å². The van der Waals surface area contributed by atoms with Crippen molar-refractivity contribution in [3.63, 3.8) is 0 Å². The van der Waals surface area contributed by atoms with Crippen molar-refractivity contribution in [3.05, 3.63) is 18.2 Å². The molecular weight excluding hydrogens is 370 g/mol. The SMILES string of the molecule is COC(=O)C1CNCCN1c1ccc(OC(F)F)c(OCC2CC2)c1.Cl. The molecule has 146 valence electrons. The monoisotopic (exact) mass is 392 g/mol. The van der Waals surface area contributed by atoms with Crippen LogP contribution in [-0.4, -0.2) is 52.0 Å². The summed E-state index contributed by atoms with van der Waals surface area (Å²) in [7, 11) is 1.35. The van der Waals surface area contributed by atoms with Crippen LogP contribution in [0.3, 0.4) is 0 Å². The van der Waals surface area contributed by atoms with Crippen LogP contribution in [0.4, 0.5) is 14.5 Å². The maximum absolute atomic E-state index is 12.6. The van der Waals surface area contributed by atoms with Gasteiger partial charge in [-0.05, 0) is 30.9 Å².